The van der Waals surface area contributed by atoms with Crippen molar-refractivity contribution < 1.29 is 22.0 Å². The maximum Gasteiger partial charge on any atom is 0.248 e. The highest BCUT2D eigenvalue weighted by atomic mass is 32.2. The molecule has 6 nitrogen and oxygen atoms in total. The maximum atomic E-state index is 13.9. The summed E-state index contributed by atoms with van der Waals surface area (Å²) in [5.41, 5.74) is 0.732. The molecule has 2 aliphatic rings. The summed E-state index contributed by atoms with van der Waals surface area (Å²) in [6.45, 7) is 8.39. The number of rotatable bonds is 7. The smallest absolute Gasteiger partial charge is 0.248 e. The van der Waals surface area contributed by atoms with Crippen LogP contribution in [0.1, 0.15) is 77.8 Å². The molecule has 0 unspecified atom stereocenters. The van der Waals surface area contributed by atoms with Gasteiger partial charge in [0, 0.05) is 37.2 Å². The van der Waals surface area contributed by atoms with Gasteiger partial charge in [-0.05, 0) is 65.5 Å². The summed E-state index contributed by atoms with van der Waals surface area (Å²) in [7, 11) is -3.84. The SMILES string of the molecule is CCN(c1nc(C)ccc1S(=O)(=O)[C@@H]1CCCC[C@H]1C(=O)NC1CCC(F)(F)CC1)C(C)C. The number of nitrogens with one attached hydrogen (secondary N) is 1. The van der Waals surface area contributed by atoms with Gasteiger partial charge in [-0.25, -0.2) is 22.2 Å². The zero-order chi connectivity index (χ0) is 24.4. The fraction of sp³-hybridized carbons (Fsp3) is 0.750. The summed E-state index contributed by atoms with van der Waals surface area (Å²) in [5.74, 6) is -3.24. The lowest BCUT2D eigenvalue weighted by molar-refractivity contribution is -0.127. The van der Waals surface area contributed by atoms with Crippen LogP contribution in [0.5, 0.6) is 0 Å². The van der Waals surface area contributed by atoms with Gasteiger partial charge in [0.15, 0.2) is 9.84 Å². The normalized spacial score (nSPS) is 24.0. The Kier molecular flexibility index (Phi) is 8.02. The van der Waals surface area contributed by atoms with E-state index in [4.69, 9.17) is 0 Å². The number of aryl methyl sites for hydroxylation is 1. The van der Waals surface area contributed by atoms with Gasteiger partial charge in [0.25, 0.3) is 0 Å². The average molecular weight is 486 g/mol. The van der Waals surface area contributed by atoms with Crippen molar-refractivity contribution >= 4 is 21.6 Å². The van der Waals surface area contributed by atoms with Gasteiger partial charge in [0.2, 0.25) is 11.8 Å². The molecule has 0 aliphatic heterocycles. The Hall–Kier alpha value is -1.77. The van der Waals surface area contributed by atoms with E-state index in [1.165, 1.54) is 0 Å². The second-order valence-corrected chi connectivity index (χ2v) is 11.9. The minimum Gasteiger partial charge on any atom is -0.353 e. The lowest BCUT2D eigenvalue weighted by Crippen LogP contribution is -2.48. The first-order valence-electron chi connectivity index (χ1n) is 12.1. The van der Waals surface area contributed by atoms with E-state index in [1.807, 2.05) is 32.6 Å². The van der Waals surface area contributed by atoms with E-state index in [9.17, 15) is 22.0 Å². The van der Waals surface area contributed by atoms with E-state index in [0.717, 1.165) is 18.5 Å². The second-order valence-electron chi connectivity index (χ2n) is 9.77. The highest BCUT2D eigenvalue weighted by Gasteiger charge is 2.43. The van der Waals surface area contributed by atoms with Crippen molar-refractivity contribution in [2.75, 3.05) is 11.4 Å². The first-order chi connectivity index (χ1) is 15.5. The molecular formula is C24H37F2N3O3S. The number of anilines is 1. The number of aromatic nitrogens is 1. The van der Waals surface area contributed by atoms with E-state index in [-0.39, 0.29) is 48.6 Å². The molecule has 0 radical (unpaired) electrons. The van der Waals surface area contributed by atoms with Crippen molar-refractivity contribution in [2.45, 2.75) is 107 Å². The standard InChI is InChI=1S/C24H37F2N3O3S/c1-5-29(16(2)3)22-21(11-10-17(4)27-22)33(31,32)20-9-7-6-8-19(20)23(30)28-18-12-14-24(25,26)15-13-18/h10-11,16,18-20H,5-9,12-15H2,1-4H3,(H,28,30)/t19-,20-/m1/s1. The van der Waals surface area contributed by atoms with Gasteiger partial charge in [-0.15, -0.1) is 0 Å². The van der Waals surface area contributed by atoms with E-state index in [1.54, 1.807) is 12.1 Å². The Morgan fingerprint density at radius 2 is 1.82 bits per heavy atom. The minimum atomic E-state index is -3.84. The summed E-state index contributed by atoms with van der Waals surface area (Å²) in [6.07, 6.45) is 2.34. The van der Waals surface area contributed by atoms with Crippen LogP contribution in [0.3, 0.4) is 0 Å². The Labute approximate surface area is 196 Å². The van der Waals surface area contributed by atoms with Crippen LogP contribution in [0, 0.1) is 12.8 Å². The third kappa shape index (κ3) is 5.84. The molecule has 2 saturated carbocycles. The Morgan fingerprint density at radius 1 is 1.18 bits per heavy atom. The maximum absolute atomic E-state index is 13.9. The summed E-state index contributed by atoms with van der Waals surface area (Å²) in [6, 6.07) is 3.05. The van der Waals surface area contributed by atoms with Crippen molar-refractivity contribution in [1.29, 1.82) is 0 Å². The topological polar surface area (TPSA) is 79.4 Å². The van der Waals surface area contributed by atoms with E-state index in [2.05, 4.69) is 10.3 Å². The lowest BCUT2D eigenvalue weighted by Gasteiger charge is -2.35. The molecule has 9 heteroatoms. The molecule has 1 heterocycles. The Morgan fingerprint density at radius 3 is 2.42 bits per heavy atom. The number of halogens is 2. The quantitative estimate of drug-likeness (QED) is 0.608. The monoisotopic (exact) mass is 485 g/mol. The molecule has 1 amide bonds. The molecule has 0 spiro atoms. The summed E-state index contributed by atoms with van der Waals surface area (Å²) in [4.78, 5) is 19.9. The third-order valence-electron chi connectivity index (χ3n) is 7.02. The molecule has 186 valence electrons. The molecule has 1 aromatic heterocycles. The molecule has 0 bridgehead atoms. The van der Waals surface area contributed by atoms with Crippen molar-refractivity contribution in [3.8, 4) is 0 Å². The van der Waals surface area contributed by atoms with Gasteiger partial charge in [0.05, 0.1) is 11.2 Å². The van der Waals surface area contributed by atoms with Gasteiger partial charge in [0.1, 0.15) is 10.7 Å². The molecule has 2 aliphatic carbocycles. The van der Waals surface area contributed by atoms with E-state index in [0.29, 0.717) is 25.2 Å². The molecule has 0 saturated heterocycles. The van der Waals surface area contributed by atoms with E-state index >= 15 is 0 Å². The van der Waals surface area contributed by atoms with Crippen molar-refractivity contribution in [3.05, 3.63) is 17.8 Å². The molecule has 2 atom stereocenters. The second kappa shape index (κ2) is 10.2. The lowest BCUT2D eigenvalue weighted by atomic mass is 9.86. The van der Waals surface area contributed by atoms with Crippen LogP contribution in [-0.2, 0) is 14.6 Å². The molecule has 33 heavy (non-hydrogen) atoms. The zero-order valence-electron chi connectivity index (χ0n) is 20.1. The number of hydrogen-bond donors (Lipinski definition) is 1. The van der Waals surface area contributed by atoms with Crippen LogP contribution in [-0.4, -0.2) is 49.1 Å². The number of carbonyl (C=O) groups is 1. The number of hydrogen-bond acceptors (Lipinski definition) is 5. The fourth-order valence-corrected chi connectivity index (χ4v) is 7.31. The van der Waals surface area contributed by atoms with Crippen LogP contribution in [0.25, 0.3) is 0 Å². The minimum absolute atomic E-state index is 0.0631. The number of carbonyl (C=O) groups excluding carboxylic acids is 1. The van der Waals surface area contributed by atoms with Crippen LogP contribution in [0.4, 0.5) is 14.6 Å². The predicted octanol–water partition coefficient (Wildman–Crippen LogP) is 4.65. The van der Waals surface area contributed by atoms with Crippen molar-refractivity contribution in [3.63, 3.8) is 0 Å². The number of amides is 1. The highest BCUT2D eigenvalue weighted by molar-refractivity contribution is 7.92. The largest absolute Gasteiger partial charge is 0.353 e. The summed E-state index contributed by atoms with van der Waals surface area (Å²) >= 11 is 0. The van der Waals surface area contributed by atoms with Gasteiger partial charge < -0.3 is 10.2 Å². The number of sulfone groups is 1. The number of alkyl halides is 2. The Balaban J connectivity index is 1.88. The van der Waals surface area contributed by atoms with Crippen molar-refractivity contribution in [2.24, 2.45) is 5.92 Å². The number of nitrogens with zero attached hydrogens (tertiary/aromatic N) is 2. The van der Waals surface area contributed by atoms with Gasteiger partial charge in [-0.1, -0.05) is 12.8 Å². The summed E-state index contributed by atoms with van der Waals surface area (Å²) in [5, 5.41) is 2.05. The average Bonchev–Trinajstić information content (AvgIpc) is 2.75. The van der Waals surface area contributed by atoms with Gasteiger partial charge in [-0.3, -0.25) is 4.79 Å². The molecule has 2 fully saturated rings. The van der Waals surface area contributed by atoms with Gasteiger partial charge >= 0.3 is 0 Å². The van der Waals surface area contributed by atoms with Crippen LogP contribution in [0.15, 0.2) is 17.0 Å². The predicted molar refractivity (Wildman–Crippen MR) is 125 cm³/mol. The molecule has 1 N–H and O–H groups in total. The van der Waals surface area contributed by atoms with Crippen molar-refractivity contribution in [1.82, 2.24) is 10.3 Å². The molecule has 3 rings (SSSR count). The molecular weight excluding hydrogens is 448 g/mol. The van der Waals surface area contributed by atoms with Crippen LogP contribution in [0.2, 0.25) is 0 Å². The van der Waals surface area contributed by atoms with Crippen LogP contribution < -0.4 is 10.2 Å². The molecule has 1 aromatic rings. The Bertz CT molecular complexity index is 942. The van der Waals surface area contributed by atoms with Crippen LogP contribution >= 0.6 is 0 Å². The fourth-order valence-electron chi connectivity index (χ4n) is 5.14. The third-order valence-corrected chi connectivity index (χ3v) is 9.32. The highest BCUT2D eigenvalue weighted by Crippen LogP contribution is 2.38. The zero-order valence-corrected chi connectivity index (χ0v) is 20.9. The van der Waals surface area contributed by atoms with E-state index < -0.39 is 26.9 Å². The molecule has 0 aromatic carbocycles. The summed E-state index contributed by atoms with van der Waals surface area (Å²) < 4.78 is 54.8. The number of pyridine rings is 1. The first-order valence-corrected chi connectivity index (χ1v) is 13.7. The first kappa shape index (κ1) is 25.8. The van der Waals surface area contributed by atoms with Gasteiger partial charge in [-0.2, -0.15) is 0 Å².